The van der Waals surface area contributed by atoms with Gasteiger partial charge in [0.15, 0.2) is 0 Å². The molecule has 0 rings (SSSR count). The molecule has 0 spiro atoms. The van der Waals surface area contributed by atoms with E-state index in [0.717, 1.165) is 5.75 Å². The molecule has 0 aliphatic carbocycles. The molecule has 6 nitrogen and oxygen atoms in total. The molecule has 2 amide bonds. The first-order chi connectivity index (χ1) is 9.54. The molecule has 0 saturated heterocycles. The standard InChI is InChI=1S/C13H24N2O4S/c1-4-11(16)15-10(7-9-20-3)13(18)14-8-6-12(17)19-5-2/h10H,4-9H2,1-3H3,(H,14,18)(H,15,16). The van der Waals surface area contributed by atoms with Gasteiger partial charge in [-0.15, -0.1) is 0 Å². The fraction of sp³-hybridized carbons (Fsp3) is 0.769. The van der Waals surface area contributed by atoms with E-state index in [-0.39, 0.29) is 30.7 Å². The van der Waals surface area contributed by atoms with Crippen LogP contribution in [0, 0.1) is 0 Å². The van der Waals surface area contributed by atoms with Gasteiger partial charge in [0.05, 0.1) is 13.0 Å². The van der Waals surface area contributed by atoms with Crippen molar-refractivity contribution in [3.8, 4) is 0 Å². The molecular formula is C13H24N2O4S. The topological polar surface area (TPSA) is 84.5 Å². The second kappa shape index (κ2) is 11.6. The number of nitrogens with one attached hydrogen (secondary N) is 2. The van der Waals surface area contributed by atoms with Gasteiger partial charge in [-0.05, 0) is 25.4 Å². The number of rotatable bonds is 10. The highest BCUT2D eigenvalue weighted by Crippen LogP contribution is 2.01. The Balaban J connectivity index is 4.18. The zero-order valence-corrected chi connectivity index (χ0v) is 13.2. The quantitative estimate of drug-likeness (QED) is 0.581. The molecule has 2 N–H and O–H groups in total. The summed E-state index contributed by atoms with van der Waals surface area (Å²) in [6.07, 6.45) is 2.98. The summed E-state index contributed by atoms with van der Waals surface area (Å²) in [4.78, 5) is 34.5. The number of carbonyl (C=O) groups is 3. The Morgan fingerprint density at radius 1 is 1.25 bits per heavy atom. The van der Waals surface area contributed by atoms with Crippen molar-refractivity contribution in [2.75, 3.05) is 25.2 Å². The van der Waals surface area contributed by atoms with E-state index in [1.165, 1.54) is 0 Å². The van der Waals surface area contributed by atoms with Crippen LogP contribution in [0.15, 0.2) is 0 Å². The first-order valence-corrected chi connectivity index (χ1v) is 8.16. The summed E-state index contributed by atoms with van der Waals surface area (Å²) in [5.74, 6) is 0.0211. The average Bonchev–Trinajstić information content (AvgIpc) is 2.43. The average molecular weight is 304 g/mol. The van der Waals surface area contributed by atoms with E-state index in [1.807, 2.05) is 6.26 Å². The Labute approximate surface area is 124 Å². The first kappa shape index (κ1) is 18.8. The van der Waals surface area contributed by atoms with Crippen LogP contribution in [0.2, 0.25) is 0 Å². The molecule has 7 heteroatoms. The van der Waals surface area contributed by atoms with Crippen LogP contribution in [0.4, 0.5) is 0 Å². The Bertz CT molecular complexity index is 323. The lowest BCUT2D eigenvalue weighted by atomic mass is 10.2. The van der Waals surface area contributed by atoms with Gasteiger partial charge in [0.2, 0.25) is 11.8 Å². The summed E-state index contributed by atoms with van der Waals surface area (Å²) in [6, 6.07) is -0.544. The second-order valence-corrected chi connectivity index (χ2v) is 5.09. The van der Waals surface area contributed by atoms with Crippen molar-refractivity contribution in [2.45, 2.75) is 39.2 Å². The molecule has 116 valence electrons. The molecule has 1 atom stereocenters. The van der Waals surface area contributed by atoms with Gasteiger partial charge in [-0.25, -0.2) is 0 Å². The van der Waals surface area contributed by atoms with Crippen molar-refractivity contribution in [1.29, 1.82) is 0 Å². The third-order valence-corrected chi connectivity index (χ3v) is 3.16. The van der Waals surface area contributed by atoms with Crippen molar-refractivity contribution in [3.63, 3.8) is 0 Å². The fourth-order valence-electron chi connectivity index (χ4n) is 1.45. The highest BCUT2D eigenvalue weighted by Gasteiger charge is 2.19. The van der Waals surface area contributed by atoms with Gasteiger partial charge in [0.25, 0.3) is 0 Å². The lowest BCUT2D eigenvalue weighted by Gasteiger charge is -2.17. The van der Waals surface area contributed by atoms with Crippen LogP contribution < -0.4 is 10.6 Å². The van der Waals surface area contributed by atoms with Crippen LogP contribution in [-0.2, 0) is 19.1 Å². The molecule has 1 unspecified atom stereocenters. The molecule has 0 saturated carbocycles. The van der Waals surface area contributed by atoms with Crippen LogP contribution in [-0.4, -0.2) is 49.0 Å². The van der Waals surface area contributed by atoms with E-state index in [4.69, 9.17) is 4.74 Å². The summed E-state index contributed by atoms with van der Waals surface area (Å²) in [7, 11) is 0. The number of hydrogen-bond acceptors (Lipinski definition) is 5. The van der Waals surface area contributed by atoms with Gasteiger partial charge >= 0.3 is 5.97 Å². The third kappa shape index (κ3) is 8.79. The van der Waals surface area contributed by atoms with E-state index in [1.54, 1.807) is 25.6 Å². The van der Waals surface area contributed by atoms with Crippen molar-refractivity contribution in [1.82, 2.24) is 10.6 Å². The number of thioether (sulfide) groups is 1. The van der Waals surface area contributed by atoms with E-state index < -0.39 is 6.04 Å². The monoisotopic (exact) mass is 304 g/mol. The van der Waals surface area contributed by atoms with Crippen molar-refractivity contribution in [3.05, 3.63) is 0 Å². The van der Waals surface area contributed by atoms with Gasteiger partial charge < -0.3 is 15.4 Å². The van der Waals surface area contributed by atoms with Crippen LogP contribution in [0.1, 0.15) is 33.1 Å². The number of carbonyl (C=O) groups excluding carboxylic acids is 3. The van der Waals surface area contributed by atoms with Gasteiger partial charge in [0.1, 0.15) is 6.04 Å². The highest BCUT2D eigenvalue weighted by atomic mass is 32.2. The first-order valence-electron chi connectivity index (χ1n) is 6.76. The fourth-order valence-corrected chi connectivity index (χ4v) is 1.92. The van der Waals surface area contributed by atoms with Gasteiger partial charge in [0, 0.05) is 13.0 Å². The van der Waals surface area contributed by atoms with Crippen LogP contribution >= 0.6 is 11.8 Å². The summed E-state index contributed by atoms with van der Waals surface area (Å²) in [5, 5.41) is 5.33. The summed E-state index contributed by atoms with van der Waals surface area (Å²) in [6.45, 7) is 4.01. The van der Waals surface area contributed by atoms with Crippen molar-refractivity contribution >= 4 is 29.5 Å². The minimum Gasteiger partial charge on any atom is -0.466 e. The maximum absolute atomic E-state index is 12.0. The molecule has 0 fully saturated rings. The Hall–Kier alpha value is -1.24. The summed E-state index contributed by atoms with van der Waals surface area (Å²) in [5.41, 5.74) is 0. The molecule has 20 heavy (non-hydrogen) atoms. The predicted octanol–water partition coefficient (Wildman–Crippen LogP) is 0.704. The molecule has 0 heterocycles. The third-order valence-electron chi connectivity index (χ3n) is 2.52. The van der Waals surface area contributed by atoms with E-state index in [0.29, 0.717) is 19.4 Å². The Morgan fingerprint density at radius 3 is 2.50 bits per heavy atom. The molecular weight excluding hydrogens is 280 g/mol. The zero-order chi connectivity index (χ0) is 15.4. The van der Waals surface area contributed by atoms with Gasteiger partial charge in [-0.1, -0.05) is 6.92 Å². The van der Waals surface area contributed by atoms with Crippen molar-refractivity contribution in [2.24, 2.45) is 0 Å². The molecule has 0 aromatic carbocycles. The maximum Gasteiger partial charge on any atom is 0.307 e. The molecule has 0 aromatic rings. The summed E-state index contributed by atoms with van der Waals surface area (Å²) < 4.78 is 4.77. The smallest absolute Gasteiger partial charge is 0.307 e. The zero-order valence-electron chi connectivity index (χ0n) is 12.4. The van der Waals surface area contributed by atoms with E-state index in [9.17, 15) is 14.4 Å². The second-order valence-electron chi connectivity index (χ2n) is 4.10. The number of ether oxygens (including phenoxy) is 1. The van der Waals surface area contributed by atoms with Crippen molar-refractivity contribution < 1.29 is 19.1 Å². The van der Waals surface area contributed by atoms with Crippen LogP contribution in [0.5, 0.6) is 0 Å². The number of hydrogen-bond donors (Lipinski definition) is 2. The summed E-state index contributed by atoms with van der Waals surface area (Å²) >= 11 is 1.61. The van der Waals surface area contributed by atoms with Crippen LogP contribution in [0.3, 0.4) is 0 Å². The van der Waals surface area contributed by atoms with Crippen LogP contribution in [0.25, 0.3) is 0 Å². The molecule has 0 aliphatic rings. The van der Waals surface area contributed by atoms with E-state index >= 15 is 0 Å². The lowest BCUT2D eigenvalue weighted by molar-refractivity contribution is -0.143. The minimum atomic E-state index is -0.544. The highest BCUT2D eigenvalue weighted by molar-refractivity contribution is 7.98. The molecule has 0 aromatic heterocycles. The maximum atomic E-state index is 12.0. The normalized spacial score (nSPS) is 11.6. The van der Waals surface area contributed by atoms with Gasteiger partial charge in [-0.3, -0.25) is 14.4 Å². The Kier molecular flexibility index (Phi) is 10.9. The van der Waals surface area contributed by atoms with E-state index in [2.05, 4.69) is 10.6 Å². The number of amides is 2. The predicted molar refractivity (Wildman–Crippen MR) is 79.5 cm³/mol. The number of esters is 1. The SMILES string of the molecule is CCOC(=O)CCNC(=O)C(CCSC)NC(=O)CC. The largest absolute Gasteiger partial charge is 0.466 e. The molecule has 0 bridgehead atoms. The van der Waals surface area contributed by atoms with Gasteiger partial charge in [-0.2, -0.15) is 11.8 Å². The molecule has 0 radical (unpaired) electrons. The lowest BCUT2D eigenvalue weighted by Crippen LogP contribution is -2.47. The Morgan fingerprint density at radius 2 is 1.95 bits per heavy atom. The molecule has 0 aliphatic heterocycles. The minimum absolute atomic E-state index is 0.135.